The van der Waals surface area contributed by atoms with Gasteiger partial charge < -0.3 is 16.0 Å². The number of urea groups is 1. The second-order valence-corrected chi connectivity index (χ2v) is 5.97. The number of halogens is 3. The summed E-state index contributed by atoms with van der Waals surface area (Å²) in [6.07, 6.45) is -3.05. The first-order valence-electron chi connectivity index (χ1n) is 7.70. The Labute approximate surface area is 138 Å². The van der Waals surface area contributed by atoms with Crippen molar-refractivity contribution in [2.24, 2.45) is 11.7 Å². The normalized spacial score (nSPS) is 19.7. The average Bonchev–Trinajstić information content (AvgIpc) is 2.54. The van der Waals surface area contributed by atoms with Crippen molar-refractivity contribution < 1.29 is 22.8 Å². The fourth-order valence-electron chi connectivity index (χ4n) is 2.77. The number of nitrogens with two attached hydrogens (primary N) is 1. The van der Waals surface area contributed by atoms with Gasteiger partial charge in [-0.2, -0.15) is 13.2 Å². The van der Waals surface area contributed by atoms with Crippen LogP contribution in [0.5, 0.6) is 0 Å². The minimum atomic E-state index is -4.38. The fraction of sp³-hybridized carbons (Fsp3) is 0.500. The third kappa shape index (κ3) is 4.39. The molecule has 0 spiro atoms. The van der Waals surface area contributed by atoms with E-state index in [4.69, 9.17) is 5.73 Å². The number of rotatable bonds is 3. The van der Waals surface area contributed by atoms with Gasteiger partial charge in [-0.15, -0.1) is 0 Å². The van der Waals surface area contributed by atoms with E-state index in [1.54, 1.807) is 6.92 Å². The smallest absolute Gasteiger partial charge is 0.351 e. The predicted molar refractivity (Wildman–Crippen MR) is 81.9 cm³/mol. The van der Waals surface area contributed by atoms with Gasteiger partial charge in [-0.1, -0.05) is 12.1 Å². The maximum atomic E-state index is 12.6. The molecule has 8 heteroatoms. The lowest BCUT2D eigenvalue weighted by Crippen LogP contribution is -2.47. The zero-order chi connectivity index (χ0) is 17.9. The van der Waals surface area contributed by atoms with Crippen LogP contribution in [0.2, 0.25) is 0 Å². The van der Waals surface area contributed by atoms with Crippen molar-refractivity contribution >= 4 is 11.9 Å². The Bertz CT molecular complexity index is 602. The number of alkyl halides is 3. The molecule has 1 saturated heterocycles. The number of likely N-dealkylation sites (tertiary alicyclic amines) is 1. The molecule has 2 rings (SSSR count). The van der Waals surface area contributed by atoms with Crippen LogP contribution >= 0.6 is 0 Å². The Morgan fingerprint density at radius 3 is 2.46 bits per heavy atom. The second-order valence-electron chi connectivity index (χ2n) is 5.97. The highest BCUT2D eigenvalue weighted by Crippen LogP contribution is 2.30. The largest absolute Gasteiger partial charge is 0.416 e. The molecule has 1 aromatic carbocycles. The number of amides is 3. The molecule has 3 N–H and O–H groups in total. The molecule has 5 nitrogen and oxygen atoms in total. The van der Waals surface area contributed by atoms with Crippen LogP contribution in [0.3, 0.4) is 0 Å². The molecule has 1 aromatic rings. The molecule has 0 aliphatic carbocycles. The third-order valence-corrected chi connectivity index (χ3v) is 4.20. The first-order valence-corrected chi connectivity index (χ1v) is 7.70. The van der Waals surface area contributed by atoms with E-state index in [-0.39, 0.29) is 18.4 Å². The number of benzene rings is 1. The van der Waals surface area contributed by atoms with E-state index in [1.165, 1.54) is 17.0 Å². The molecule has 0 unspecified atom stereocenters. The summed E-state index contributed by atoms with van der Waals surface area (Å²) in [6.45, 7) is 2.50. The Morgan fingerprint density at radius 1 is 1.29 bits per heavy atom. The van der Waals surface area contributed by atoms with Crippen molar-refractivity contribution in [3.05, 3.63) is 35.4 Å². The van der Waals surface area contributed by atoms with Gasteiger partial charge in [0.1, 0.15) is 0 Å². The minimum Gasteiger partial charge on any atom is -0.351 e. The van der Waals surface area contributed by atoms with Crippen LogP contribution in [0.4, 0.5) is 18.0 Å². The molecule has 0 saturated carbocycles. The maximum absolute atomic E-state index is 12.6. The van der Waals surface area contributed by atoms with E-state index in [1.807, 2.05) is 0 Å². The number of piperidine rings is 1. The number of nitrogens with zero attached hydrogens (tertiary/aromatic N) is 1. The predicted octanol–water partition coefficient (Wildman–Crippen LogP) is 2.67. The second kappa shape index (κ2) is 7.11. The molecular weight excluding hydrogens is 323 g/mol. The molecule has 132 valence electrons. The van der Waals surface area contributed by atoms with E-state index in [0.717, 1.165) is 12.1 Å². The van der Waals surface area contributed by atoms with E-state index in [9.17, 15) is 22.8 Å². The van der Waals surface area contributed by atoms with E-state index in [0.29, 0.717) is 24.9 Å². The van der Waals surface area contributed by atoms with E-state index < -0.39 is 23.8 Å². The van der Waals surface area contributed by atoms with Crippen LogP contribution in [0.15, 0.2) is 24.3 Å². The molecular formula is C16H20F3N3O2. The molecule has 1 heterocycles. The van der Waals surface area contributed by atoms with Crippen molar-refractivity contribution in [1.29, 1.82) is 0 Å². The van der Waals surface area contributed by atoms with Gasteiger partial charge in [-0.05, 0) is 37.5 Å². The molecule has 2 atom stereocenters. The highest BCUT2D eigenvalue weighted by atomic mass is 19.4. The van der Waals surface area contributed by atoms with Crippen LogP contribution in [-0.2, 0) is 11.0 Å². The highest BCUT2D eigenvalue weighted by molar-refractivity contribution is 5.80. The summed E-state index contributed by atoms with van der Waals surface area (Å²) in [5, 5.41) is 2.78. The lowest BCUT2D eigenvalue weighted by molar-refractivity contribution is -0.137. The summed E-state index contributed by atoms with van der Waals surface area (Å²) in [6, 6.07) is 3.71. The Kier molecular flexibility index (Phi) is 5.36. The standard InChI is InChI=1S/C16H20F3N3O2/c1-10(11-4-6-13(7-5-11)16(17,18)19)21-14(23)12-3-2-8-22(9-12)15(20)24/h4-7,10,12H,2-3,8-9H2,1H3,(H2,20,24)(H,21,23)/t10-,12-/m0/s1. The van der Waals surface area contributed by atoms with Crippen LogP contribution in [-0.4, -0.2) is 29.9 Å². The van der Waals surface area contributed by atoms with Crippen molar-refractivity contribution in [2.75, 3.05) is 13.1 Å². The van der Waals surface area contributed by atoms with Gasteiger partial charge in [0, 0.05) is 13.1 Å². The zero-order valence-electron chi connectivity index (χ0n) is 13.3. The molecule has 3 amide bonds. The Hall–Kier alpha value is -2.25. The van der Waals surface area contributed by atoms with E-state index >= 15 is 0 Å². The highest BCUT2D eigenvalue weighted by Gasteiger charge is 2.31. The number of carbonyl (C=O) groups is 2. The molecule has 0 radical (unpaired) electrons. The summed E-state index contributed by atoms with van der Waals surface area (Å²) in [4.78, 5) is 24.9. The van der Waals surface area contributed by atoms with Crippen molar-refractivity contribution in [3.8, 4) is 0 Å². The van der Waals surface area contributed by atoms with Gasteiger partial charge in [-0.3, -0.25) is 4.79 Å². The molecule has 0 aromatic heterocycles. The summed E-state index contributed by atoms with van der Waals surface area (Å²) in [5.74, 6) is -0.587. The Morgan fingerprint density at radius 2 is 1.92 bits per heavy atom. The van der Waals surface area contributed by atoms with Gasteiger partial charge in [0.25, 0.3) is 0 Å². The van der Waals surface area contributed by atoms with Gasteiger partial charge in [0.2, 0.25) is 5.91 Å². The van der Waals surface area contributed by atoms with Crippen molar-refractivity contribution in [3.63, 3.8) is 0 Å². The quantitative estimate of drug-likeness (QED) is 0.885. The van der Waals surface area contributed by atoms with Crippen molar-refractivity contribution in [2.45, 2.75) is 32.0 Å². The molecule has 1 aliphatic rings. The number of carbonyl (C=O) groups excluding carboxylic acids is 2. The molecule has 0 bridgehead atoms. The van der Waals surface area contributed by atoms with Gasteiger partial charge >= 0.3 is 12.2 Å². The number of primary amides is 1. The number of hydrogen-bond donors (Lipinski definition) is 2. The average molecular weight is 343 g/mol. The monoisotopic (exact) mass is 343 g/mol. The number of nitrogens with one attached hydrogen (secondary N) is 1. The molecule has 1 fully saturated rings. The zero-order valence-corrected chi connectivity index (χ0v) is 13.3. The minimum absolute atomic E-state index is 0.228. The summed E-state index contributed by atoms with van der Waals surface area (Å²) < 4.78 is 37.7. The van der Waals surface area contributed by atoms with Gasteiger partial charge in [-0.25, -0.2) is 4.79 Å². The van der Waals surface area contributed by atoms with Crippen LogP contribution < -0.4 is 11.1 Å². The first kappa shape index (κ1) is 18.1. The summed E-state index contributed by atoms with van der Waals surface area (Å²) >= 11 is 0. The maximum Gasteiger partial charge on any atom is 0.416 e. The van der Waals surface area contributed by atoms with Crippen LogP contribution in [0.25, 0.3) is 0 Å². The lowest BCUT2D eigenvalue weighted by atomic mass is 9.96. The van der Waals surface area contributed by atoms with Crippen LogP contribution in [0.1, 0.15) is 36.9 Å². The fourth-order valence-corrected chi connectivity index (χ4v) is 2.77. The van der Waals surface area contributed by atoms with Gasteiger partial charge in [0.15, 0.2) is 0 Å². The topological polar surface area (TPSA) is 75.4 Å². The SMILES string of the molecule is C[C@H](NC(=O)[C@H]1CCCN(C(N)=O)C1)c1ccc(C(F)(F)F)cc1. The lowest BCUT2D eigenvalue weighted by Gasteiger charge is -2.31. The van der Waals surface area contributed by atoms with Gasteiger partial charge in [0.05, 0.1) is 17.5 Å². The summed E-state index contributed by atoms with van der Waals surface area (Å²) in [5.41, 5.74) is 5.09. The molecule has 24 heavy (non-hydrogen) atoms. The third-order valence-electron chi connectivity index (χ3n) is 4.20. The first-order chi connectivity index (χ1) is 11.2. The number of hydrogen-bond acceptors (Lipinski definition) is 2. The van der Waals surface area contributed by atoms with Crippen LogP contribution in [0, 0.1) is 5.92 Å². The Balaban J connectivity index is 1.97. The van der Waals surface area contributed by atoms with E-state index in [2.05, 4.69) is 5.32 Å². The molecule has 1 aliphatic heterocycles. The summed E-state index contributed by atoms with van der Waals surface area (Å²) in [7, 11) is 0. The van der Waals surface area contributed by atoms with Crippen molar-refractivity contribution in [1.82, 2.24) is 10.2 Å².